The van der Waals surface area contributed by atoms with Crippen LogP contribution in [0.3, 0.4) is 0 Å². The minimum Gasteiger partial charge on any atom is -0.326 e. The van der Waals surface area contributed by atoms with E-state index in [1.165, 1.54) is 0 Å². The van der Waals surface area contributed by atoms with Gasteiger partial charge in [-0.2, -0.15) is 0 Å². The van der Waals surface area contributed by atoms with E-state index in [1.54, 1.807) is 12.1 Å². The summed E-state index contributed by atoms with van der Waals surface area (Å²) in [7, 11) is 0. The largest absolute Gasteiger partial charge is 0.326 e. The third-order valence-electron chi connectivity index (χ3n) is 2.78. The number of carbonyl (C=O) groups is 1. The van der Waals surface area contributed by atoms with E-state index in [0.717, 1.165) is 25.2 Å². The van der Waals surface area contributed by atoms with Crippen LogP contribution in [0.15, 0.2) is 24.3 Å². The maximum atomic E-state index is 11.7. The molecule has 1 fully saturated rings. The maximum Gasteiger partial charge on any atom is 0.238 e. The van der Waals surface area contributed by atoms with Crippen LogP contribution < -0.4 is 11.1 Å². The molecule has 0 aromatic heterocycles. The lowest BCUT2D eigenvalue weighted by molar-refractivity contribution is -0.117. The highest BCUT2D eigenvalue weighted by atomic mass is 35.5. The molecule has 3 N–H and O–H groups in total. The van der Waals surface area contributed by atoms with Crippen molar-refractivity contribution in [3.8, 4) is 0 Å². The highest BCUT2D eigenvalue weighted by molar-refractivity contribution is 6.30. The second-order valence-electron chi connectivity index (χ2n) is 4.34. The van der Waals surface area contributed by atoms with Crippen molar-refractivity contribution >= 4 is 35.6 Å². The summed E-state index contributed by atoms with van der Waals surface area (Å²) in [6, 6.07) is 7.34. The van der Waals surface area contributed by atoms with Gasteiger partial charge in [0.25, 0.3) is 0 Å². The Morgan fingerprint density at radius 3 is 2.94 bits per heavy atom. The summed E-state index contributed by atoms with van der Waals surface area (Å²) < 4.78 is 0. The van der Waals surface area contributed by atoms with Crippen LogP contribution >= 0.6 is 24.0 Å². The molecule has 1 unspecified atom stereocenters. The molecule has 2 rings (SSSR count). The first-order chi connectivity index (χ1) is 8.13. The van der Waals surface area contributed by atoms with Gasteiger partial charge in [-0.15, -0.1) is 12.4 Å². The number of nitrogens with two attached hydrogens (primary N) is 1. The third-order valence-corrected chi connectivity index (χ3v) is 3.02. The van der Waals surface area contributed by atoms with Crippen molar-refractivity contribution in [3.05, 3.63) is 29.3 Å². The lowest BCUT2D eigenvalue weighted by Crippen LogP contribution is -2.33. The fourth-order valence-corrected chi connectivity index (χ4v) is 2.17. The van der Waals surface area contributed by atoms with Crippen molar-refractivity contribution in [1.82, 2.24) is 4.90 Å². The van der Waals surface area contributed by atoms with Crippen LogP contribution in [-0.2, 0) is 4.79 Å². The van der Waals surface area contributed by atoms with E-state index in [4.69, 9.17) is 17.3 Å². The van der Waals surface area contributed by atoms with Gasteiger partial charge in [0.15, 0.2) is 0 Å². The number of anilines is 1. The minimum atomic E-state index is -0.0265. The molecule has 1 saturated heterocycles. The van der Waals surface area contributed by atoms with Gasteiger partial charge in [0.1, 0.15) is 0 Å². The van der Waals surface area contributed by atoms with Gasteiger partial charge in [-0.05, 0) is 24.6 Å². The van der Waals surface area contributed by atoms with Gasteiger partial charge in [0.05, 0.1) is 6.54 Å². The van der Waals surface area contributed by atoms with E-state index in [2.05, 4.69) is 10.2 Å². The average molecular weight is 290 g/mol. The SMILES string of the molecule is Cl.NC1CCN(CC(=O)Nc2cccc(Cl)c2)C1. The fourth-order valence-electron chi connectivity index (χ4n) is 1.98. The lowest BCUT2D eigenvalue weighted by atomic mass is 10.3. The maximum absolute atomic E-state index is 11.7. The topological polar surface area (TPSA) is 58.4 Å². The first kappa shape index (κ1) is 15.2. The minimum absolute atomic E-state index is 0. The van der Waals surface area contributed by atoms with E-state index in [9.17, 15) is 4.79 Å². The summed E-state index contributed by atoms with van der Waals surface area (Å²) in [6.45, 7) is 2.08. The van der Waals surface area contributed by atoms with Crippen molar-refractivity contribution < 1.29 is 4.79 Å². The first-order valence-electron chi connectivity index (χ1n) is 5.67. The van der Waals surface area contributed by atoms with Gasteiger partial charge in [-0.25, -0.2) is 0 Å². The van der Waals surface area contributed by atoms with Gasteiger partial charge in [0, 0.05) is 29.8 Å². The number of likely N-dealkylation sites (tertiary alicyclic amines) is 1. The first-order valence-corrected chi connectivity index (χ1v) is 6.04. The molecule has 1 aliphatic rings. The molecule has 1 amide bonds. The molecular formula is C12H17Cl2N3O. The second kappa shape index (κ2) is 6.95. The number of nitrogens with one attached hydrogen (secondary N) is 1. The normalized spacial score (nSPS) is 19.3. The van der Waals surface area contributed by atoms with Gasteiger partial charge in [0.2, 0.25) is 5.91 Å². The van der Waals surface area contributed by atoms with E-state index in [-0.39, 0.29) is 24.4 Å². The summed E-state index contributed by atoms with van der Waals surface area (Å²) in [5, 5.41) is 3.44. The molecule has 0 bridgehead atoms. The molecule has 6 heteroatoms. The predicted octanol–water partition coefficient (Wildman–Crippen LogP) is 1.73. The Bertz CT molecular complexity index is 414. The number of nitrogens with zero attached hydrogens (tertiary/aromatic N) is 1. The molecular weight excluding hydrogens is 273 g/mol. The Morgan fingerprint density at radius 2 is 2.33 bits per heavy atom. The standard InChI is InChI=1S/C12H16ClN3O.ClH/c13-9-2-1-3-11(6-9)15-12(17)8-16-5-4-10(14)7-16;/h1-3,6,10H,4-5,7-8,14H2,(H,15,17);1H. The second-order valence-corrected chi connectivity index (χ2v) is 4.78. The number of carbonyl (C=O) groups excluding carboxylic acids is 1. The highest BCUT2D eigenvalue weighted by Gasteiger charge is 2.20. The van der Waals surface area contributed by atoms with E-state index >= 15 is 0 Å². The predicted molar refractivity (Wildman–Crippen MR) is 76.4 cm³/mol. The number of hydrogen-bond acceptors (Lipinski definition) is 3. The highest BCUT2D eigenvalue weighted by Crippen LogP contribution is 2.15. The van der Waals surface area contributed by atoms with Crippen LogP contribution in [-0.4, -0.2) is 36.5 Å². The molecule has 1 aromatic rings. The van der Waals surface area contributed by atoms with Crippen LogP contribution in [0.5, 0.6) is 0 Å². The number of hydrogen-bond donors (Lipinski definition) is 2. The van der Waals surface area contributed by atoms with Crippen molar-refractivity contribution in [1.29, 1.82) is 0 Å². The summed E-state index contributed by atoms with van der Waals surface area (Å²) in [5.74, 6) is -0.0265. The summed E-state index contributed by atoms with van der Waals surface area (Å²) >= 11 is 5.84. The van der Waals surface area contributed by atoms with Crippen molar-refractivity contribution in [2.75, 3.05) is 25.0 Å². The zero-order chi connectivity index (χ0) is 12.3. The zero-order valence-electron chi connectivity index (χ0n) is 9.93. The van der Waals surface area contributed by atoms with Crippen LogP contribution in [0.25, 0.3) is 0 Å². The molecule has 1 aliphatic heterocycles. The average Bonchev–Trinajstić information content (AvgIpc) is 2.63. The monoisotopic (exact) mass is 289 g/mol. The van der Waals surface area contributed by atoms with Gasteiger partial charge in [-0.3, -0.25) is 9.69 Å². The zero-order valence-corrected chi connectivity index (χ0v) is 11.5. The summed E-state index contributed by atoms with van der Waals surface area (Å²) in [5.41, 5.74) is 6.51. The van der Waals surface area contributed by atoms with Crippen LogP contribution in [0.1, 0.15) is 6.42 Å². The molecule has 100 valence electrons. The number of halogens is 2. The molecule has 1 atom stereocenters. The van der Waals surface area contributed by atoms with E-state index in [1.807, 2.05) is 12.1 Å². The van der Waals surface area contributed by atoms with E-state index < -0.39 is 0 Å². The molecule has 4 nitrogen and oxygen atoms in total. The molecule has 1 heterocycles. The number of amides is 1. The Hall–Kier alpha value is -0.810. The molecule has 0 saturated carbocycles. The van der Waals surface area contributed by atoms with Gasteiger partial charge in [-0.1, -0.05) is 17.7 Å². The number of benzene rings is 1. The Morgan fingerprint density at radius 1 is 1.56 bits per heavy atom. The van der Waals surface area contributed by atoms with Crippen molar-refractivity contribution in [3.63, 3.8) is 0 Å². The van der Waals surface area contributed by atoms with Crippen LogP contribution in [0, 0.1) is 0 Å². The molecule has 1 aromatic carbocycles. The van der Waals surface area contributed by atoms with Gasteiger partial charge >= 0.3 is 0 Å². The lowest BCUT2D eigenvalue weighted by Gasteiger charge is -2.14. The van der Waals surface area contributed by atoms with Gasteiger partial charge < -0.3 is 11.1 Å². The van der Waals surface area contributed by atoms with Crippen molar-refractivity contribution in [2.24, 2.45) is 5.73 Å². The molecule has 18 heavy (non-hydrogen) atoms. The molecule has 0 radical (unpaired) electrons. The number of rotatable bonds is 3. The Balaban J connectivity index is 0.00000162. The third kappa shape index (κ3) is 4.46. The smallest absolute Gasteiger partial charge is 0.238 e. The Kier molecular flexibility index (Phi) is 5.88. The summed E-state index contributed by atoms with van der Waals surface area (Å²) in [6.07, 6.45) is 0.963. The van der Waals surface area contributed by atoms with Crippen LogP contribution in [0.2, 0.25) is 5.02 Å². The molecule has 0 aliphatic carbocycles. The fraction of sp³-hybridized carbons (Fsp3) is 0.417. The van der Waals surface area contributed by atoms with Crippen molar-refractivity contribution in [2.45, 2.75) is 12.5 Å². The van der Waals surface area contributed by atoms with Crippen LogP contribution in [0.4, 0.5) is 5.69 Å². The quantitative estimate of drug-likeness (QED) is 0.891. The molecule has 0 spiro atoms. The Labute approximate surface area is 118 Å². The van der Waals surface area contributed by atoms with E-state index in [0.29, 0.717) is 11.6 Å². The summed E-state index contributed by atoms with van der Waals surface area (Å²) in [4.78, 5) is 13.8.